The number of sulfonamides is 1. The molecule has 0 aliphatic carbocycles. The first kappa shape index (κ1) is 19.1. The Balaban J connectivity index is 1.62. The van der Waals surface area contributed by atoms with Gasteiger partial charge < -0.3 is 9.73 Å². The molecule has 142 valence electrons. The molecule has 0 bridgehead atoms. The molecule has 1 unspecified atom stereocenters. The number of hydrogen-bond donors (Lipinski definition) is 2. The molecule has 12 heteroatoms. The minimum Gasteiger partial charge on any atom is -0.467 e. The van der Waals surface area contributed by atoms with Crippen molar-refractivity contribution in [2.45, 2.75) is 28.8 Å². The van der Waals surface area contributed by atoms with E-state index in [1.807, 2.05) is 0 Å². The van der Waals surface area contributed by atoms with E-state index in [9.17, 15) is 13.2 Å². The zero-order valence-electron chi connectivity index (χ0n) is 14.1. The van der Waals surface area contributed by atoms with Crippen molar-refractivity contribution in [1.82, 2.24) is 20.2 Å². The molecule has 0 saturated carbocycles. The predicted octanol–water partition coefficient (Wildman–Crippen LogP) is 1.08. The fourth-order valence-corrected chi connectivity index (χ4v) is 3.42. The van der Waals surface area contributed by atoms with Crippen LogP contribution in [0.3, 0.4) is 0 Å². The molecule has 0 saturated heterocycles. The number of amides is 1. The fourth-order valence-electron chi connectivity index (χ4n) is 2.11. The molecule has 1 aromatic carbocycles. The highest BCUT2D eigenvalue weighted by molar-refractivity contribution is 8.00. The summed E-state index contributed by atoms with van der Waals surface area (Å²) in [6.07, 6.45) is 1.56. The zero-order valence-corrected chi connectivity index (χ0v) is 15.8. The average Bonchev–Trinajstić information content (AvgIpc) is 3.27. The van der Waals surface area contributed by atoms with Gasteiger partial charge in [-0.2, -0.15) is 0 Å². The number of thioether (sulfide) groups is 1. The van der Waals surface area contributed by atoms with Crippen LogP contribution < -0.4 is 10.5 Å². The lowest BCUT2D eigenvalue weighted by molar-refractivity contribution is -0.115. The minimum absolute atomic E-state index is 0.0278. The van der Waals surface area contributed by atoms with Gasteiger partial charge in [0.05, 0.1) is 16.4 Å². The first-order valence-corrected chi connectivity index (χ1v) is 10.1. The largest absolute Gasteiger partial charge is 0.467 e. The summed E-state index contributed by atoms with van der Waals surface area (Å²) in [6.45, 7) is 2.07. The molecule has 1 amide bonds. The normalized spacial score (nSPS) is 12.7. The van der Waals surface area contributed by atoms with Crippen molar-refractivity contribution in [2.24, 2.45) is 5.14 Å². The van der Waals surface area contributed by atoms with Gasteiger partial charge in [0.2, 0.25) is 21.1 Å². The second kappa shape index (κ2) is 7.90. The lowest BCUT2D eigenvalue weighted by Gasteiger charge is -2.11. The van der Waals surface area contributed by atoms with Crippen molar-refractivity contribution >= 4 is 33.4 Å². The highest BCUT2D eigenvalue weighted by Gasteiger charge is 2.19. The topological polar surface area (TPSA) is 146 Å². The quantitative estimate of drug-likeness (QED) is 0.552. The number of nitrogens with two attached hydrogens (primary N) is 1. The molecule has 0 spiro atoms. The number of aromatic nitrogens is 4. The van der Waals surface area contributed by atoms with Crippen LogP contribution in [-0.4, -0.2) is 39.8 Å². The van der Waals surface area contributed by atoms with Crippen molar-refractivity contribution < 1.29 is 17.6 Å². The highest BCUT2D eigenvalue weighted by Crippen LogP contribution is 2.22. The Hall–Kier alpha value is -2.70. The van der Waals surface area contributed by atoms with E-state index < -0.39 is 15.3 Å². The van der Waals surface area contributed by atoms with Gasteiger partial charge in [0.15, 0.2) is 0 Å². The van der Waals surface area contributed by atoms with E-state index in [1.165, 1.54) is 40.7 Å². The standard InChI is InChI=1S/C15H16N6O4S2/c1-10(14(22)17-11-4-6-13(7-5-11)27(16,23)24)26-15-18-19-20-21(15)9-12-3-2-8-25-12/h2-8,10H,9H2,1H3,(H,17,22)(H2,16,23,24). The van der Waals surface area contributed by atoms with E-state index in [2.05, 4.69) is 20.8 Å². The fraction of sp³-hybridized carbons (Fsp3) is 0.200. The highest BCUT2D eigenvalue weighted by atomic mass is 32.2. The SMILES string of the molecule is CC(Sc1nnnn1Cc1ccco1)C(=O)Nc1ccc(S(N)(=O)=O)cc1. The van der Waals surface area contributed by atoms with Gasteiger partial charge in [-0.05, 0) is 53.7 Å². The number of hydrogen-bond acceptors (Lipinski definition) is 8. The van der Waals surface area contributed by atoms with Crippen LogP contribution in [0.4, 0.5) is 5.69 Å². The molecule has 0 fully saturated rings. The first-order chi connectivity index (χ1) is 12.8. The molecular weight excluding hydrogens is 392 g/mol. The monoisotopic (exact) mass is 408 g/mol. The van der Waals surface area contributed by atoms with E-state index in [-0.39, 0.29) is 10.8 Å². The van der Waals surface area contributed by atoms with Gasteiger partial charge in [-0.1, -0.05) is 11.8 Å². The molecule has 27 heavy (non-hydrogen) atoms. The van der Waals surface area contributed by atoms with E-state index in [1.54, 1.807) is 25.3 Å². The van der Waals surface area contributed by atoms with Gasteiger partial charge in [0.25, 0.3) is 0 Å². The van der Waals surface area contributed by atoms with Crippen LogP contribution in [-0.2, 0) is 21.4 Å². The lowest BCUT2D eigenvalue weighted by atomic mass is 10.3. The summed E-state index contributed by atoms with van der Waals surface area (Å²) < 4.78 is 29.3. The molecule has 0 aliphatic heterocycles. The van der Waals surface area contributed by atoms with Gasteiger partial charge in [-0.15, -0.1) is 5.10 Å². The van der Waals surface area contributed by atoms with Crippen LogP contribution in [0.5, 0.6) is 0 Å². The van der Waals surface area contributed by atoms with Crippen LogP contribution in [0, 0.1) is 0 Å². The summed E-state index contributed by atoms with van der Waals surface area (Å²) in [5.41, 5.74) is 0.454. The molecular formula is C15H16N6O4S2. The molecule has 3 rings (SSSR count). The number of tetrazole rings is 1. The van der Waals surface area contributed by atoms with Gasteiger partial charge in [-0.3, -0.25) is 4.79 Å². The third-order valence-electron chi connectivity index (χ3n) is 3.49. The van der Waals surface area contributed by atoms with Crippen molar-refractivity contribution in [3.63, 3.8) is 0 Å². The number of nitrogens with zero attached hydrogens (tertiary/aromatic N) is 4. The Morgan fingerprint density at radius 3 is 2.70 bits per heavy atom. The summed E-state index contributed by atoms with van der Waals surface area (Å²) in [4.78, 5) is 12.3. The molecule has 0 aliphatic rings. The summed E-state index contributed by atoms with van der Waals surface area (Å²) in [7, 11) is -3.77. The van der Waals surface area contributed by atoms with E-state index >= 15 is 0 Å². The Labute approximate surface area is 159 Å². The predicted molar refractivity (Wildman–Crippen MR) is 97.4 cm³/mol. The van der Waals surface area contributed by atoms with E-state index in [4.69, 9.17) is 9.56 Å². The summed E-state index contributed by atoms with van der Waals surface area (Å²) in [5, 5.41) is 19.2. The number of rotatable bonds is 7. The summed E-state index contributed by atoms with van der Waals surface area (Å²) >= 11 is 1.19. The molecule has 0 radical (unpaired) electrons. The van der Waals surface area contributed by atoms with Crippen LogP contribution in [0.15, 0.2) is 57.1 Å². The van der Waals surface area contributed by atoms with Gasteiger partial charge >= 0.3 is 0 Å². The lowest BCUT2D eigenvalue weighted by Crippen LogP contribution is -2.23. The van der Waals surface area contributed by atoms with Gasteiger partial charge in [0, 0.05) is 5.69 Å². The average molecular weight is 408 g/mol. The number of benzene rings is 1. The molecule has 3 N–H and O–H groups in total. The number of carbonyl (C=O) groups is 1. The van der Waals surface area contributed by atoms with Crippen LogP contribution in [0.1, 0.15) is 12.7 Å². The number of nitrogens with one attached hydrogen (secondary N) is 1. The Kier molecular flexibility index (Phi) is 5.58. The second-order valence-electron chi connectivity index (χ2n) is 5.52. The third-order valence-corrected chi connectivity index (χ3v) is 5.49. The van der Waals surface area contributed by atoms with Crippen molar-refractivity contribution in [1.29, 1.82) is 0 Å². The Morgan fingerprint density at radius 1 is 1.33 bits per heavy atom. The molecule has 10 nitrogen and oxygen atoms in total. The first-order valence-electron chi connectivity index (χ1n) is 7.72. The van der Waals surface area contributed by atoms with Crippen molar-refractivity contribution in [2.75, 3.05) is 5.32 Å². The number of primary sulfonamides is 1. The number of carbonyl (C=O) groups excluding carboxylic acids is 1. The second-order valence-corrected chi connectivity index (χ2v) is 8.39. The summed E-state index contributed by atoms with van der Waals surface area (Å²) in [5.74, 6) is 0.409. The van der Waals surface area contributed by atoms with Gasteiger partial charge in [0.1, 0.15) is 12.3 Å². The minimum atomic E-state index is -3.77. The van der Waals surface area contributed by atoms with Crippen molar-refractivity contribution in [3.8, 4) is 0 Å². The van der Waals surface area contributed by atoms with E-state index in [0.29, 0.717) is 23.1 Å². The van der Waals surface area contributed by atoms with Gasteiger partial charge in [-0.25, -0.2) is 18.2 Å². The number of anilines is 1. The number of furan rings is 1. The molecule has 2 aromatic heterocycles. The molecule has 2 heterocycles. The Morgan fingerprint density at radius 2 is 2.07 bits per heavy atom. The molecule has 1 atom stereocenters. The molecule has 3 aromatic rings. The maximum atomic E-state index is 12.4. The van der Waals surface area contributed by atoms with Crippen molar-refractivity contribution in [3.05, 3.63) is 48.4 Å². The van der Waals surface area contributed by atoms with Crippen LogP contribution in [0.2, 0.25) is 0 Å². The van der Waals surface area contributed by atoms with E-state index in [0.717, 1.165) is 0 Å². The summed E-state index contributed by atoms with van der Waals surface area (Å²) in [6, 6.07) is 9.16. The van der Waals surface area contributed by atoms with Crippen LogP contribution >= 0.6 is 11.8 Å². The zero-order chi connectivity index (χ0) is 19.4. The Bertz CT molecular complexity index is 1020. The third kappa shape index (κ3) is 4.93. The smallest absolute Gasteiger partial charge is 0.238 e. The maximum absolute atomic E-state index is 12.4. The van der Waals surface area contributed by atoms with Crippen LogP contribution in [0.25, 0.3) is 0 Å². The maximum Gasteiger partial charge on any atom is 0.238 e.